The zero-order chi connectivity index (χ0) is 22.3. The van der Waals surface area contributed by atoms with E-state index >= 15 is 0 Å². The zero-order valence-electron chi connectivity index (χ0n) is 16.7. The van der Waals surface area contributed by atoms with Crippen LogP contribution in [-0.4, -0.2) is 25.2 Å². The average Bonchev–Trinajstić information content (AvgIpc) is 2.96. The highest BCUT2D eigenvalue weighted by Gasteiger charge is 2.52. The number of amides is 1. The molecule has 31 heavy (non-hydrogen) atoms. The number of benzene rings is 3. The predicted octanol–water partition coefficient (Wildman–Crippen LogP) is 4.93. The van der Waals surface area contributed by atoms with Crippen molar-refractivity contribution in [2.45, 2.75) is 12.1 Å². The van der Waals surface area contributed by atoms with Crippen molar-refractivity contribution in [2.24, 2.45) is 0 Å². The molecule has 8 heteroatoms. The van der Waals surface area contributed by atoms with Crippen LogP contribution in [0.3, 0.4) is 0 Å². The van der Waals surface area contributed by atoms with Crippen LogP contribution in [0.5, 0.6) is 11.5 Å². The van der Waals surface area contributed by atoms with E-state index < -0.39 is 17.3 Å². The van der Waals surface area contributed by atoms with E-state index in [0.29, 0.717) is 27.8 Å². The molecule has 0 saturated carbocycles. The number of methoxy groups -OCH3 is 2. The number of aliphatic hydroxyl groups is 1. The van der Waals surface area contributed by atoms with Gasteiger partial charge in [-0.25, -0.2) is 4.39 Å². The number of nitrogens with zero attached hydrogens (tertiary/aromatic N) is 1. The lowest BCUT2D eigenvalue weighted by Gasteiger charge is -2.25. The first-order chi connectivity index (χ1) is 14.8. The number of halogens is 3. The topological polar surface area (TPSA) is 59.0 Å². The quantitative estimate of drug-likeness (QED) is 0.584. The van der Waals surface area contributed by atoms with E-state index in [-0.39, 0.29) is 22.7 Å². The van der Waals surface area contributed by atoms with E-state index in [0.717, 1.165) is 12.1 Å². The first-order valence-corrected chi connectivity index (χ1v) is 10.1. The Morgan fingerprint density at radius 2 is 1.77 bits per heavy atom. The third-order valence-electron chi connectivity index (χ3n) is 5.34. The van der Waals surface area contributed by atoms with Gasteiger partial charge in [0.25, 0.3) is 5.91 Å². The number of ether oxygens (including phenoxy) is 2. The normalized spacial score (nSPS) is 17.6. The first-order valence-electron chi connectivity index (χ1n) is 9.30. The Balaban J connectivity index is 1.84. The highest BCUT2D eigenvalue weighted by molar-refractivity contribution is 6.32. The SMILES string of the molecule is COc1ccc(CN2C(=O)C(O)(c3ccc(F)cc3Cl)c3cc(Cl)ccc32)c(OC)c1. The number of hydrogen-bond acceptors (Lipinski definition) is 4. The van der Waals surface area contributed by atoms with Crippen LogP contribution < -0.4 is 14.4 Å². The summed E-state index contributed by atoms with van der Waals surface area (Å²) in [6.45, 7) is 0.113. The van der Waals surface area contributed by atoms with E-state index in [1.54, 1.807) is 37.4 Å². The van der Waals surface area contributed by atoms with Crippen molar-refractivity contribution in [3.05, 3.63) is 87.2 Å². The van der Waals surface area contributed by atoms with Crippen LogP contribution in [0.2, 0.25) is 10.0 Å². The molecule has 0 aromatic heterocycles. The molecule has 0 radical (unpaired) electrons. The number of anilines is 1. The van der Waals surface area contributed by atoms with Crippen LogP contribution in [0.4, 0.5) is 10.1 Å². The Labute approximate surface area is 188 Å². The van der Waals surface area contributed by atoms with Crippen molar-refractivity contribution in [1.82, 2.24) is 0 Å². The molecule has 160 valence electrons. The molecular formula is C23H18Cl2FNO4. The minimum atomic E-state index is -2.12. The summed E-state index contributed by atoms with van der Waals surface area (Å²) in [5.41, 5.74) is -0.605. The molecule has 1 aliphatic rings. The maximum Gasteiger partial charge on any atom is 0.268 e. The summed E-state index contributed by atoms with van der Waals surface area (Å²) in [5, 5.41) is 11.9. The molecule has 1 heterocycles. The second kappa shape index (κ2) is 8.04. The monoisotopic (exact) mass is 461 g/mol. The second-order valence-electron chi connectivity index (χ2n) is 7.07. The number of rotatable bonds is 5. The van der Waals surface area contributed by atoms with Crippen molar-refractivity contribution in [2.75, 3.05) is 19.1 Å². The summed E-state index contributed by atoms with van der Waals surface area (Å²) in [6, 6.07) is 13.5. The Morgan fingerprint density at radius 1 is 1.00 bits per heavy atom. The summed E-state index contributed by atoms with van der Waals surface area (Å²) in [5.74, 6) is -0.0712. The number of fused-ring (bicyclic) bond motifs is 1. The molecule has 0 saturated heterocycles. The molecule has 0 aliphatic carbocycles. The van der Waals surface area contributed by atoms with Crippen molar-refractivity contribution in [3.8, 4) is 11.5 Å². The zero-order valence-corrected chi connectivity index (χ0v) is 18.2. The van der Waals surface area contributed by atoms with Crippen LogP contribution in [0.25, 0.3) is 0 Å². The minimum Gasteiger partial charge on any atom is -0.497 e. The van der Waals surface area contributed by atoms with Crippen LogP contribution in [0.1, 0.15) is 16.7 Å². The van der Waals surface area contributed by atoms with E-state index in [9.17, 15) is 14.3 Å². The Bertz CT molecular complexity index is 1190. The standard InChI is InChI=1S/C23H18Cl2FNO4/c1-30-16-6-3-13(21(11-16)31-2)12-27-20-8-4-14(24)9-18(20)23(29,22(27)28)17-7-5-15(26)10-19(17)25/h3-11,29H,12H2,1-2H3. The van der Waals surface area contributed by atoms with Gasteiger partial charge in [-0.05, 0) is 42.5 Å². The highest BCUT2D eigenvalue weighted by atomic mass is 35.5. The van der Waals surface area contributed by atoms with Gasteiger partial charge < -0.3 is 19.5 Å². The molecule has 1 amide bonds. The number of hydrogen-bond donors (Lipinski definition) is 1. The van der Waals surface area contributed by atoms with Crippen molar-refractivity contribution < 1.29 is 23.8 Å². The van der Waals surface area contributed by atoms with Gasteiger partial charge in [-0.1, -0.05) is 29.3 Å². The molecule has 3 aromatic carbocycles. The summed E-state index contributed by atoms with van der Waals surface area (Å²) < 4.78 is 24.3. The van der Waals surface area contributed by atoms with Crippen LogP contribution in [-0.2, 0) is 16.9 Å². The Kier molecular flexibility index (Phi) is 5.56. The van der Waals surface area contributed by atoms with Gasteiger partial charge in [0.05, 0.1) is 31.5 Å². The first kappa shape index (κ1) is 21.4. The lowest BCUT2D eigenvalue weighted by molar-refractivity contribution is -0.132. The summed E-state index contributed by atoms with van der Waals surface area (Å²) in [7, 11) is 3.07. The van der Waals surface area contributed by atoms with Gasteiger partial charge in [-0.2, -0.15) is 0 Å². The molecular weight excluding hydrogens is 444 g/mol. The van der Waals surface area contributed by atoms with Gasteiger partial charge >= 0.3 is 0 Å². The molecule has 1 unspecified atom stereocenters. The highest BCUT2D eigenvalue weighted by Crippen LogP contribution is 2.48. The maximum atomic E-state index is 13.6. The molecule has 1 N–H and O–H groups in total. The molecule has 3 aromatic rings. The van der Waals surface area contributed by atoms with Crippen LogP contribution in [0.15, 0.2) is 54.6 Å². The molecule has 1 aliphatic heterocycles. The molecule has 0 spiro atoms. The Morgan fingerprint density at radius 3 is 2.45 bits per heavy atom. The van der Waals surface area contributed by atoms with Crippen molar-refractivity contribution >= 4 is 34.8 Å². The van der Waals surface area contributed by atoms with Gasteiger partial charge in [0.1, 0.15) is 17.3 Å². The van der Waals surface area contributed by atoms with Crippen LogP contribution in [0, 0.1) is 5.82 Å². The lowest BCUT2D eigenvalue weighted by atomic mass is 9.87. The minimum absolute atomic E-state index is 0.0642. The van der Waals surface area contributed by atoms with E-state index in [2.05, 4.69) is 0 Å². The smallest absolute Gasteiger partial charge is 0.268 e. The number of carbonyl (C=O) groups is 1. The van der Waals surface area contributed by atoms with Crippen LogP contribution >= 0.6 is 23.2 Å². The van der Waals surface area contributed by atoms with Gasteiger partial charge in [0.2, 0.25) is 0 Å². The molecule has 0 fully saturated rings. The fourth-order valence-electron chi connectivity index (χ4n) is 3.81. The van der Waals surface area contributed by atoms with Gasteiger partial charge in [-0.3, -0.25) is 4.79 Å². The van der Waals surface area contributed by atoms with Gasteiger partial charge in [0, 0.05) is 27.8 Å². The van der Waals surface area contributed by atoms with Crippen molar-refractivity contribution in [3.63, 3.8) is 0 Å². The summed E-state index contributed by atoms with van der Waals surface area (Å²) in [4.78, 5) is 15.0. The van der Waals surface area contributed by atoms with E-state index in [4.69, 9.17) is 32.7 Å². The average molecular weight is 462 g/mol. The van der Waals surface area contributed by atoms with E-state index in [1.165, 1.54) is 24.1 Å². The van der Waals surface area contributed by atoms with Gasteiger partial charge in [0.15, 0.2) is 5.60 Å². The summed E-state index contributed by atoms with van der Waals surface area (Å²) >= 11 is 12.4. The third-order valence-corrected chi connectivity index (χ3v) is 5.89. The molecule has 1 atom stereocenters. The van der Waals surface area contributed by atoms with Crippen molar-refractivity contribution in [1.29, 1.82) is 0 Å². The summed E-state index contributed by atoms with van der Waals surface area (Å²) in [6.07, 6.45) is 0. The Hall–Kier alpha value is -2.80. The largest absolute Gasteiger partial charge is 0.497 e. The second-order valence-corrected chi connectivity index (χ2v) is 7.91. The number of carbonyl (C=O) groups excluding carboxylic acids is 1. The molecule has 0 bridgehead atoms. The maximum absolute atomic E-state index is 13.6. The fourth-order valence-corrected chi connectivity index (χ4v) is 4.28. The lowest BCUT2D eigenvalue weighted by Crippen LogP contribution is -2.41. The van der Waals surface area contributed by atoms with Gasteiger partial charge in [-0.15, -0.1) is 0 Å². The molecule has 4 rings (SSSR count). The van der Waals surface area contributed by atoms with E-state index in [1.807, 2.05) is 0 Å². The molecule has 5 nitrogen and oxygen atoms in total. The fraction of sp³-hybridized carbons (Fsp3) is 0.174. The third kappa shape index (κ3) is 3.51. The predicted molar refractivity (Wildman–Crippen MR) is 117 cm³/mol.